The smallest absolute Gasteiger partial charge is 0.227 e. The fourth-order valence-corrected chi connectivity index (χ4v) is 2.52. The number of carbonyl (C=O) groups is 1. The molecule has 0 aromatic carbocycles. The molecular formula is C13H21Cl2N3O. The van der Waals surface area contributed by atoms with Crippen molar-refractivity contribution in [2.45, 2.75) is 26.2 Å². The highest BCUT2D eigenvalue weighted by atomic mass is 35.5. The van der Waals surface area contributed by atoms with Gasteiger partial charge in [0.25, 0.3) is 0 Å². The van der Waals surface area contributed by atoms with Gasteiger partial charge in [-0.1, -0.05) is 6.42 Å². The lowest BCUT2D eigenvalue weighted by Gasteiger charge is -2.17. The van der Waals surface area contributed by atoms with Crippen molar-refractivity contribution in [3.05, 3.63) is 24.0 Å². The van der Waals surface area contributed by atoms with E-state index in [0.29, 0.717) is 12.5 Å². The van der Waals surface area contributed by atoms with Gasteiger partial charge in [-0.25, -0.2) is 0 Å². The van der Waals surface area contributed by atoms with Crippen LogP contribution in [0.15, 0.2) is 18.5 Å². The van der Waals surface area contributed by atoms with Gasteiger partial charge in [0.1, 0.15) is 0 Å². The van der Waals surface area contributed by atoms with Crippen LogP contribution in [-0.2, 0) is 4.79 Å². The molecular weight excluding hydrogens is 285 g/mol. The molecule has 1 aromatic rings. The number of carbonyl (C=O) groups excluding carboxylic acids is 1. The maximum absolute atomic E-state index is 12.1. The van der Waals surface area contributed by atoms with E-state index in [-0.39, 0.29) is 36.6 Å². The summed E-state index contributed by atoms with van der Waals surface area (Å²) < 4.78 is 0. The maximum atomic E-state index is 12.1. The van der Waals surface area contributed by atoms with Gasteiger partial charge in [0, 0.05) is 12.1 Å². The van der Waals surface area contributed by atoms with Crippen molar-refractivity contribution >= 4 is 36.4 Å². The predicted octanol–water partition coefficient (Wildman–Crippen LogP) is 2.55. The molecule has 0 bridgehead atoms. The standard InChI is InChI=1S/C13H19N3O.2ClH/c1-9-5-11(8-15-7-9)16-13(17)12-4-2-3-10(12)6-14;;/h5,7-8,10,12H,2-4,6,14H2,1H3,(H,16,17);2*1H/t10-,12-;;/m1../s1. The lowest BCUT2D eigenvalue weighted by atomic mass is 9.95. The molecule has 1 fully saturated rings. The number of anilines is 1. The molecule has 108 valence electrons. The predicted molar refractivity (Wildman–Crippen MR) is 82.0 cm³/mol. The summed E-state index contributed by atoms with van der Waals surface area (Å²) >= 11 is 0. The summed E-state index contributed by atoms with van der Waals surface area (Å²) in [5, 5.41) is 2.93. The topological polar surface area (TPSA) is 68.0 Å². The van der Waals surface area contributed by atoms with Gasteiger partial charge in [-0.2, -0.15) is 0 Å². The van der Waals surface area contributed by atoms with Crippen LogP contribution in [0.3, 0.4) is 0 Å². The molecule has 0 unspecified atom stereocenters. The first-order valence-corrected chi connectivity index (χ1v) is 6.13. The number of hydrogen-bond donors (Lipinski definition) is 2. The molecule has 1 aliphatic rings. The number of amides is 1. The van der Waals surface area contributed by atoms with Crippen molar-refractivity contribution < 1.29 is 4.79 Å². The van der Waals surface area contributed by atoms with Gasteiger partial charge in [0.05, 0.1) is 11.9 Å². The molecule has 1 heterocycles. The van der Waals surface area contributed by atoms with E-state index in [1.165, 1.54) is 0 Å². The van der Waals surface area contributed by atoms with E-state index in [1.807, 2.05) is 13.0 Å². The van der Waals surface area contributed by atoms with Crippen molar-refractivity contribution in [3.8, 4) is 0 Å². The molecule has 3 N–H and O–H groups in total. The Balaban J connectivity index is 0.00000162. The van der Waals surface area contributed by atoms with Crippen LogP contribution in [0.25, 0.3) is 0 Å². The number of aromatic nitrogens is 1. The highest BCUT2D eigenvalue weighted by Gasteiger charge is 2.31. The second-order valence-corrected chi connectivity index (χ2v) is 4.77. The van der Waals surface area contributed by atoms with E-state index >= 15 is 0 Å². The molecule has 2 rings (SSSR count). The largest absolute Gasteiger partial charge is 0.330 e. The summed E-state index contributed by atoms with van der Waals surface area (Å²) in [7, 11) is 0. The summed E-state index contributed by atoms with van der Waals surface area (Å²) in [6.45, 7) is 2.56. The fourth-order valence-electron chi connectivity index (χ4n) is 2.52. The first kappa shape index (κ1) is 18.2. The Bertz CT molecular complexity index is 415. The Morgan fingerprint density at radius 2 is 2.16 bits per heavy atom. The number of nitrogens with zero attached hydrogens (tertiary/aromatic N) is 1. The number of nitrogens with one attached hydrogen (secondary N) is 1. The highest BCUT2D eigenvalue weighted by molar-refractivity contribution is 5.92. The van der Waals surface area contributed by atoms with Crippen molar-refractivity contribution in [2.24, 2.45) is 17.6 Å². The third-order valence-electron chi connectivity index (χ3n) is 3.44. The molecule has 0 radical (unpaired) electrons. The molecule has 0 spiro atoms. The van der Waals surface area contributed by atoms with E-state index in [1.54, 1.807) is 12.4 Å². The zero-order valence-corrected chi connectivity index (χ0v) is 12.6. The zero-order valence-electron chi connectivity index (χ0n) is 11.0. The quantitative estimate of drug-likeness (QED) is 0.902. The van der Waals surface area contributed by atoms with Crippen molar-refractivity contribution in [1.82, 2.24) is 4.98 Å². The third kappa shape index (κ3) is 4.64. The lowest BCUT2D eigenvalue weighted by molar-refractivity contribution is -0.120. The molecule has 4 nitrogen and oxygen atoms in total. The fraction of sp³-hybridized carbons (Fsp3) is 0.538. The van der Waals surface area contributed by atoms with Crippen molar-refractivity contribution in [1.29, 1.82) is 0 Å². The zero-order chi connectivity index (χ0) is 12.3. The van der Waals surface area contributed by atoms with Gasteiger partial charge >= 0.3 is 0 Å². The third-order valence-corrected chi connectivity index (χ3v) is 3.44. The van der Waals surface area contributed by atoms with Crippen LogP contribution in [0, 0.1) is 18.8 Å². The van der Waals surface area contributed by atoms with E-state index < -0.39 is 0 Å². The van der Waals surface area contributed by atoms with Crippen LogP contribution in [0.5, 0.6) is 0 Å². The van der Waals surface area contributed by atoms with E-state index in [4.69, 9.17) is 5.73 Å². The number of nitrogens with two attached hydrogens (primary N) is 1. The lowest BCUT2D eigenvalue weighted by Crippen LogP contribution is -2.29. The highest BCUT2D eigenvalue weighted by Crippen LogP contribution is 2.31. The molecule has 1 amide bonds. The minimum atomic E-state index is 0. The molecule has 0 saturated heterocycles. The van der Waals surface area contributed by atoms with Gasteiger partial charge in [-0.05, 0) is 43.9 Å². The second-order valence-electron chi connectivity index (χ2n) is 4.77. The second kappa shape index (κ2) is 8.35. The van der Waals surface area contributed by atoms with E-state index in [9.17, 15) is 4.79 Å². The van der Waals surface area contributed by atoms with Crippen LogP contribution in [0.2, 0.25) is 0 Å². The van der Waals surface area contributed by atoms with E-state index in [0.717, 1.165) is 30.5 Å². The van der Waals surface area contributed by atoms with Crippen LogP contribution in [-0.4, -0.2) is 17.4 Å². The van der Waals surface area contributed by atoms with Gasteiger partial charge in [-0.15, -0.1) is 24.8 Å². The molecule has 1 aromatic heterocycles. The first-order valence-electron chi connectivity index (χ1n) is 6.13. The molecule has 0 aliphatic heterocycles. The Hall–Kier alpha value is -0.840. The summed E-state index contributed by atoms with van der Waals surface area (Å²) in [4.78, 5) is 16.2. The van der Waals surface area contributed by atoms with E-state index in [2.05, 4.69) is 10.3 Å². The molecule has 19 heavy (non-hydrogen) atoms. The van der Waals surface area contributed by atoms with Crippen LogP contribution in [0.4, 0.5) is 5.69 Å². The summed E-state index contributed by atoms with van der Waals surface area (Å²) in [5.41, 5.74) is 7.51. The molecule has 2 atom stereocenters. The summed E-state index contributed by atoms with van der Waals surface area (Å²) in [6, 6.07) is 1.93. The van der Waals surface area contributed by atoms with Gasteiger partial charge in [-0.3, -0.25) is 9.78 Å². The SMILES string of the molecule is Cc1cncc(NC(=O)[C@@H]2CCC[C@@H]2CN)c1.Cl.Cl. The molecule has 1 saturated carbocycles. The van der Waals surface area contributed by atoms with Gasteiger partial charge in [0.15, 0.2) is 0 Å². The summed E-state index contributed by atoms with van der Waals surface area (Å²) in [6.07, 6.45) is 6.57. The maximum Gasteiger partial charge on any atom is 0.227 e. The van der Waals surface area contributed by atoms with Crippen molar-refractivity contribution in [2.75, 3.05) is 11.9 Å². The Kier molecular flexibility index (Phi) is 7.99. The number of rotatable bonds is 3. The van der Waals surface area contributed by atoms with Gasteiger partial charge < -0.3 is 11.1 Å². The minimum absolute atomic E-state index is 0. The number of pyridine rings is 1. The Labute approximate surface area is 126 Å². The molecule has 6 heteroatoms. The van der Waals surface area contributed by atoms with Crippen LogP contribution >= 0.6 is 24.8 Å². The number of halogens is 2. The van der Waals surface area contributed by atoms with Crippen LogP contribution < -0.4 is 11.1 Å². The summed E-state index contributed by atoms with van der Waals surface area (Å²) in [5.74, 6) is 0.499. The Morgan fingerprint density at radius 1 is 1.42 bits per heavy atom. The minimum Gasteiger partial charge on any atom is -0.330 e. The van der Waals surface area contributed by atoms with Crippen LogP contribution in [0.1, 0.15) is 24.8 Å². The first-order chi connectivity index (χ1) is 8.20. The monoisotopic (exact) mass is 305 g/mol. The molecule has 1 aliphatic carbocycles. The van der Waals surface area contributed by atoms with Gasteiger partial charge in [0.2, 0.25) is 5.91 Å². The number of hydrogen-bond acceptors (Lipinski definition) is 3. The average molecular weight is 306 g/mol. The van der Waals surface area contributed by atoms with Crippen molar-refractivity contribution in [3.63, 3.8) is 0 Å². The Morgan fingerprint density at radius 3 is 2.79 bits per heavy atom. The average Bonchev–Trinajstić information content (AvgIpc) is 2.77. The normalized spacial score (nSPS) is 21.2. The number of aryl methyl sites for hydroxylation is 1.